The van der Waals surface area contributed by atoms with Gasteiger partial charge in [0.05, 0.1) is 0 Å². The molecule has 1 aliphatic carbocycles. The second-order valence-electron chi connectivity index (χ2n) is 4.25. The molecule has 4 heteroatoms. The van der Waals surface area contributed by atoms with E-state index in [4.69, 9.17) is 0 Å². The van der Waals surface area contributed by atoms with Crippen molar-refractivity contribution >= 4 is 24.8 Å². The van der Waals surface area contributed by atoms with Gasteiger partial charge in [0.15, 0.2) is 0 Å². The summed E-state index contributed by atoms with van der Waals surface area (Å²) in [6.07, 6.45) is 6.57. The molecule has 3 rings (SSSR count). The number of hydrogen-bond donors (Lipinski definition) is 1. The zero-order valence-corrected chi connectivity index (χ0v) is 10.1. The molecule has 2 aliphatic rings. The average Bonchev–Trinajstić information content (AvgIpc) is 2.94. The summed E-state index contributed by atoms with van der Waals surface area (Å²) < 4.78 is 0. The molecular formula is C11H16Cl2N2. The van der Waals surface area contributed by atoms with E-state index in [1.54, 1.807) is 0 Å². The highest BCUT2D eigenvalue weighted by atomic mass is 35.5. The largest absolute Gasteiger partial charge is 0.316 e. The average molecular weight is 247 g/mol. The predicted octanol–water partition coefficient (Wildman–Crippen LogP) is 2.18. The molecule has 15 heavy (non-hydrogen) atoms. The van der Waals surface area contributed by atoms with E-state index in [0.29, 0.717) is 5.41 Å². The Labute approximate surface area is 103 Å². The van der Waals surface area contributed by atoms with E-state index < -0.39 is 0 Å². The molecule has 2 nitrogen and oxygen atoms in total. The summed E-state index contributed by atoms with van der Waals surface area (Å²) in [4.78, 5) is 4.21. The number of aromatic nitrogens is 1. The van der Waals surface area contributed by atoms with E-state index in [-0.39, 0.29) is 24.8 Å². The molecule has 1 saturated carbocycles. The Hall–Kier alpha value is -0.310. The molecule has 2 atom stereocenters. The van der Waals surface area contributed by atoms with Crippen molar-refractivity contribution in [1.82, 2.24) is 10.3 Å². The molecule has 0 bridgehead atoms. The second kappa shape index (κ2) is 4.69. The zero-order chi connectivity index (χ0) is 8.73. The normalized spacial score (nSPS) is 31.9. The molecule has 2 unspecified atom stereocenters. The zero-order valence-electron chi connectivity index (χ0n) is 8.48. The van der Waals surface area contributed by atoms with Crippen LogP contribution in [-0.4, -0.2) is 18.1 Å². The highest BCUT2D eigenvalue weighted by Crippen LogP contribution is 2.57. The van der Waals surface area contributed by atoms with Gasteiger partial charge in [-0.1, -0.05) is 6.07 Å². The lowest BCUT2D eigenvalue weighted by Crippen LogP contribution is -2.31. The van der Waals surface area contributed by atoms with Crippen LogP contribution < -0.4 is 5.32 Å². The summed E-state index contributed by atoms with van der Waals surface area (Å²) in [5.41, 5.74) is 1.97. The van der Waals surface area contributed by atoms with Gasteiger partial charge in [-0.25, -0.2) is 0 Å². The molecule has 0 radical (unpaired) electrons. The molecule has 1 aliphatic heterocycles. The minimum Gasteiger partial charge on any atom is -0.316 e. The third-order valence-corrected chi connectivity index (χ3v) is 3.61. The lowest BCUT2D eigenvalue weighted by Gasteiger charge is -2.22. The fourth-order valence-electron chi connectivity index (χ4n) is 2.70. The highest BCUT2D eigenvalue weighted by Gasteiger charge is 2.55. The van der Waals surface area contributed by atoms with Gasteiger partial charge >= 0.3 is 0 Å². The third kappa shape index (κ3) is 1.99. The molecule has 1 aromatic rings. The van der Waals surface area contributed by atoms with Crippen molar-refractivity contribution in [3.8, 4) is 0 Å². The summed E-state index contributed by atoms with van der Waals surface area (Å²) in [5, 5.41) is 3.45. The van der Waals surface area contributed by atoms with E-state index in [0.717, 1.165) is 5.92 Å². The highest BCUT2D eigenvalue weighted by molar-refractivity contribution is 5.85. The Morgan fingerprint density at radius 2 is 2.27 bits per heavy atom. The summed E-state index contributed by atoms with van der Waals surface area (Å²) in [5.74, 6) is 0.880. The van der Waals surface area contributed by atoms with Gasteiger partial charge in [0.1, 0.15) is 0 Å². The Kier molecular flexibility index (Phi) is 3.99. The Bertz CT molecular complexity index is 318. The number of fused-ring (bicyclic) bond motifs is 1. The fourth-order valence-corrected chi connectivity index (χ4v) is 2.70. The summed E-state index contributed by atoms with van der Waals surface area (Å²) in [7, 11) is 0. The molecule has 2 fully saturated rings. The summed E-state index contributed by atoms with van der Waals surface area (Å²) >= 11 is 0. The molecule has 1 N–H and O–H groups in total. The van der Waals surface area contributed by atoms with Crippen LogP contribution in [0.2, 0.25) is 0 Å². The number of pyridine rings is 1. The number of piperidine rings is 1. The lowest BCUT2D eigenvalue weighted by atomic mass is 9.89. The first-order valence-electron chi connectivity index (χ1n) is 5.03. The van der Waals surface area contributed by atoms with Crippen molar-refractivity contribution in [3.05, 3.63) is 30.1 Å². The van der Waals surface area contributed by atoms with E-state index >= 15 is 0 Å². The van der Waals surface area contributed by atoms with Crippen LogP contribution >= 0.6 is 24.8 Å². The van der Waals surface area contributed by atoms with Gasteiger partial charge in [-0.15, -0.1) is 24.8 Å². The topological polar surface area (TPSA) is 24.9 Å². The molecule has 1 aromatic heterocycles. The van der Waals surface area contributed by atoms with Gasteiger partial charge in [-0.05, 0) is 43.5 Å². The first kappa shape index (κ1) is 12.8. The van der Waals surface area contributed by atoms with Crippen molar-refractivity contribution in [3.63, 3.8) is 0 Å². The van der Waals surface area contributed by atoms with E-state index in [9.17, 15) is 0 Å². The van der Waals surface area contributed by atoms with Crippen LogP contribution in [0, 0.1) is 5.92 Å². The molecule has 0 aromatic carbocycles. The standard InChI is InChI=1S/C11H14N2.2ClH/c1-2-9(7-12-4-1)11-3-5-13-8-10(11)6-11;;/h1-2,4,7,10,13H,3,5-6,8H2;2*1H. The smallest absolute Gasteiger partial charge is 0.0305 e. The van der Waals surface area contributed by atoms with Crippen LogP contribution in [0.4, 0.5) is 0 Å². The van der Waals surface area contributed by atoms with Gasteiger partial charge in [0.25, 0.3) is 0 Å². The molecule has 0 spiro atoms. The summed E-state index contributed by atoms with van der Waals surface area (Å²) in [6.45, 7) is 2.38. The number of nitrogens with zero attached hydrogens (tertiary/aromatic N) is 1. The summed E-state index contributed by atoms with van der Waals surface area (Å²) in [6, 6.07) is 4.29. The molecule has 2 heterocycles. The lowest BCUT2D eigenvalue weighted by molar-refractivity contribution is 0.444. The molecule has 1 saturated heterocycles. The van der Waals surface area contributed by atoms with Gasteiger partial charge in [0.2, 0.25) is 0 Å². The number of hydrogen-bond acceptors (Lipinski definition) is 2. The number of halogens is 2. The third-order valence-electron chi connectivity index (χ3n) is 3.61. The van der Waals surface area contributed by atoms with Gasteiger partial charge in [-0.2, -0.15) is 0 Å². The monoisotopic (exact) mass is 246 g/mol. The first-order chi connectivity index (χ1) is 6.42. The van der Waals surface area contributed by atoms with Crippen LogP contribution in [-0.2, 0) is 5.41 Å². The predicted molar refractivity (Wildman–Crippen MR) is 66.0 cm³/mol. The van der Waals surface area contributed by atoms with Crippen LogP contribution in [0.1, 0.15) is 18.4 Å². The van der Waals surface area contributed by atoms with Crippen molar-refractivity contribution in [2.24, 2.45) is 5.92 Å². The van der Waals surface area contributed by atoms with E-state index in [1.807, 2.05) is 12.4 Å². The van der Waals surface area contributed by atoms with Gasteiger partial charge in [0, 0.05) is 17.8 Å². The first-order valence-corrected chi connectivity index (χ1v) is 5.03. The van der Waals surface area contributed by atoms with Crippen LogP contribution in [0.15, 0.2) is 24.5 Å². The fraction of sp³-hybridized carbons (Fsp3) is 0.545. The van der Waals surface area contributed by atoms with Crippen molar-refractivity contribution < 1.29 is 0 Å². The maximum absolute atomic E-state index is 4.21. The Morgan fingerprint density at radius 1 is 1.40 bits per heavy atom. The van der Waals surface area contributed by atoms with E-state index in [2.05, 4.69) is 22.4 Å². The van der Waals surface area contributed by atoms with Gasteiger partial charge in [-0.3, -0.25) is 4.98 Å². The van der Waals surface area contributed by atoms with Crippen LogP contribution in [0.5, 0.6) is 0 Å². The molecule has 84 valence electrons. The number of rotatable bonds is 1. The Balaban J connectivity index is 0.000000562. The number of nitrogens with one attached hydrogen (secondary N) is 1. The van der Waals surface area contributed by atoms with Crippen LogP contribution in [0.3, 0.4) is 0 Å². The minimum atomic E-state index is 0. The molecular weight excluding hydrogens is 231 g/mol. The van der Waals surface area contributed by atoms with Gasteiger partial charge < -0.3 is 5.32 Å². The Morgan fingerprint density at radius 3 is 2.93 bits per heavy atom. The second-order valence-corrected chi connectivity index (χ2v) is 4.25. The maximum atomic E-state index is 4.21. The minimum absolute atomic E-state index is 0. The SMILES string of the molecule is Cl.Cl.c1cncc(C23CCNCC2C3)c1. The quantitative estimate of drug-likeness (QED) is 0.822. The van der Waals surface area contributed by atoms with E-state index in [1.165, 1.54) is 31.5 Å². The van der Waals surface area contributed by atoms with Crippen molar-refractivity contribution in [2.75, 3.05) is 13.1 Å². The molecule has 0 amide bonds. The maximum Gasteiger partial charge on any atom is 0.0305 e. The van der Waals surface area contributed by atoms with Crippen LogP contribution in [0.25, 0.3) is 0 Å². The van der Waals surface area contributed by atoms with Crippen molar-refractivity contribution in [2.45, 2.75) is 18.3 Å². The van der Waals surface area contributed by atoms with Crippen molar-refractivity contribution in [1.29, 1.82) is 0 Å².